The maximum atomic E-state index is 10.7. The van der Waals surface area contributed by atoms with Crippen molar-refractivity contribution in [1.29, 1.82) is 0 Å². The van der Waals surface area contributed by atoms with Crippen LogP contribution in [0, 0.1) is 0 Å². The van der Waals surface area contributed by atoms with Gasteiger partial charge < -0.3 is 0 Å². The molecule has 0 fully saturated rings. The van der Waals surface area contributed by atoms with Gasteiger partial charge in [0.2, 0.25) is 0 Å². The van der Waals surface area contributed by atoms with Crippen molar-refractivity contribution in [2.75, 3.05) is 24.6 Å². The van der Waals surface area contributed by atoms with Crippen molar-refractivity contribution in [1.82, 2.24) is 0 Å². The molecule has 104 valence electrons. The summed E-state index contributed by atoms with van der Waals surface area (Å²) in [6.07, 6.45) is 15.7. The van der Waals surface area contributed by atoms with Crippen molar-refractivity contribution in [3.63, 3.8) is 0 Å². The quantitative estimate of drug-likeness (QED) is 0.366. The number of aldehydes is 1. The van der Waals surface area contributed by atoms with E-state index in [1.54, 1.807) is 0 Å². The molecule has 0 saturated carbocycles. The Labute approximate surface area is 109 Å². The summed E-state index contributed by atoms with van der Waals surface area (Å²) in [6, 6.07) is 0. The van der Waals surface area contributed by atoms with Crippen molar-refractivity contribution in [2.45, 2.75) is 65.7 Å². The molecular weight excluding hydrogens is 227 g/mol. The second-order valence-corrected chi connectivity index (χ2v) is 10.5. The van der Waals surface area contributed by atoms with Crippen LogP contribution in [0.1, 0.15) is 65.7 Å². The Morgan fingerprint density at radius 1 is 0.765 bits per heavy atom. The van der Waals surface area contributed by atoms with Gasteiger partial charge in [0.25, 0.3) is 0 Å². The molecule has 17 heavy (non-hydrogen) atoms. The standard InChI is InChI=1S/C15H33OP/c1-4-7-12-17(13-8-5-2,14-9-6-3)15-10-11-16/h11,17H,4-10,12-15H2,1-3H3. The van der Waals surface area contributed by atoms with Gasteiger partial charge in [-0.25, -0.2) is 0 Å². The van der Waals surface area contributed by atoms with E-state index in [-0.39, 0.29) is 0 Å². The predicted octanol–water partition coefficient (Wildman–Crippen LogP) is 4.73. The Hall–Kier alpha value is 0.100. The number of hydrogen-bond donors (Lipinski definition) is 0. The van der Waals surface area contributed by atoms with Crippen LogP contribution in [-0.4, -0.2) is 30.9 Å². The van der Waals surface area contributed by atoms with Gasteiger partial charge in [-0.15, -0.1) is 0 Å². The van der Waals surface area contributed by atoms with Crippen LogP contribution in [0.5, 0.6) is 0 Å². The van der Waals surface area contributed by atoms with Crippen LogP contribution < -0.4 is 0 Å². The van der Waals surface area contributed by atoms with Crippen molar-refractivity contribution >= 4 is 13.5 Å². The van der Waals surface area contributed by atoms with Crippen molar-refractivity contribution < 1.29 is 4.79 Å². The average molecular weight is 260 g/mol. The molecule has 0 atom stereocenters. The molecule has 0 aliphatic heterocycles. The van der Waals surface area contributed by atoms with E-state index >= 15 is 0 Å². The second kappa shape index (κ2) is 11.2. The zero-order valence-electron chi connectivity index (χ0n) is 12.3. The summed E-state index contributed by atoms with van der Waals surface area (Å²) in [5.41, 5.74) is 0. The van der Waals surface area contributed by atoms with Crippen LogP contribution in [0.2, 0.25) is 0 Å². The van der Waals surface area contributed by atoms with Crippen LogP contribution in [0.15, 0.2) is 0 Å². The predicted molar refractivity (Wildman–Crippen MR) is 83.2 cm³/mol. The first-order valence-electron chi connectivity index (χ1n) is 7.68. The number of hydrogen-bond acceptors (Lipinski definition) is 1. The van der Waals surface area contributed by atoms with Crippen LogP contribution in [0.25, 0.3) is 0 Å². The maximum absolute atomic E-state index is 10.7. The second-order valence-electron chi connectivity index (χ2n) is 5.52. The van der Waals surface area contributed by atoms with Gasteiger partial charge >= 0.3 is 109 Å². The Morgan fingerprint density at radius 2 is 1.18 bits per heavy atom. The van der Waals surface area contributed by atoms with Crippen LogP contribution in [0.4, 0.5) is 0 Å². The molecule has 0 aromatic rings. The average Bonchev–Trinajstić information content (AvgIpc) is 2.37. The van der Waals surface area contributed by atoms with Gasteiger partial charge in [-0.05, 0) is 0 Å². The molecule has 0 aliphatic rings. The van der Waals surface area contributed by atoms with Gasteiger partial charge in [-0.1, -0.05) is 0 Å². The third-order valence-corrected chi connectivity index (χ3v) is 9.57. The fourth-order valence-electron chi connectivity index (χ4n) is 2.77. The first-order chi connectivity index (χ1) is 8.24. The van der Waals surface area contributed by atoms with Gasteiger partial charge in [0.1, 0.15) is 0 Å². The topological polar surface area (TPSA) is 17.1 Å². The Balaban J connectivity index is 4.44. The zero-order valence-corrected chi connectivity index (χ0v) is 13.3. The SMILES string of the molecule is CCCC[PH](CCC=O)(CCCC)CCCC. The molecule has 0 rings (SSSR count). The summed E-state index contributed by atoms with van der Waals surface area (Å²) in [6.45, 7) is 6.87. The molecule has 0 saturated heterocycles. The normalized spacial score (nSPS) is 12.6. The molecule has 1 nitrogen and oxygen atoms in total. The van der Waals surface area contributed by atoms with E-state index in [4.69, 9.17) is 0 Å². The molecule has 0 aromatic heterocycles. The summed E-state index contributed by atoms with van der Waals surface area (Å²) in [5.74, 6) is 0. The van der Waals surface area contributed by atoms with Gasteiger partial charge in [0, 0.05) is 0 Å². The number of unbranched alkanes of at least 4 members (excludes halogenated alkanes) is 3. The fourth-order valence-corrected chi connectivity index (χ4v) is 8.31. The fraction of sp³-hybridized carbons (Fsp3) is 0.933. The van der Waals surface area contributed by atoms with E-state index in [1.807, 2.05) is 0 Å². The molecule has 0 bridgehead atoms. The monoisotopic (exact) mass is 260 g/mol. The Bertz CT molecular complexity index is 158. The van der Waals surface area contributed by atoms with Crippen molar-refractivity contribution in [3.8, 4) is 0 Å². The first-order valence-corrected chi connectivity index (χ1v) is 10.5. The molecule has 0 heterocycles. The van der Waals surface area contributed by atoms with E-state index in [0.717, 1.165) is 12.7 Å². The van der Waals surface area contributed by atoms with Gasteiger partial charge in [-0.3, -0.25) is 0 Å². The summed E-state index contributed by atoms with van der Waals surface area (Å²) < 4.78 is 0. The molecule has 0 amide bonds. The summed E-state index contributed by atoms with van der Waals surface area (Å²) in [4.78, 5) is 10.7. The number of rotatable bonds is 12. The van der Waals surface area contributed by atoms with E-state index in [1.165, 1.54) is 63.2 Å². The molecular formula is C15H33OP. The number of carbonyl (C=O) groups excluding carboxylic acids is 1. The van der Waals surface area contributed by atoms with Gasteiger partial charge in [-0.2, -0.15) is 0 Å². The zero-order chi connectivity index (χ0) is 13.0. The van der Waals surface area contributed by atoms with Crippen LogP contribution in [0.3, 0.4) is 0 Å². The molecule has 0 spiro atoms. The molecule has 0 unspecified atom stereocenters. The van der Waals surface area contributed by atoms with Gasteiger partial charge in [0.05, 0.1) is 0 Å². The summed E-state index contributed by atoms with van der Waals surface area (Å²) >= 11 is 0. The van der Waals surface area contributed by atoms with Crippen molar-refractivity contribution in [2.24, 2.45) is 0 Å². The van der Waals surface area contributed by atoms with Crippen LogP contribution in [-0.2, 0) is 4.79 Å². The number of carbonyl (C=O) groups is 1. The molecule has 0 N–H and O–H groups in total. The molecule has 0 aliphatic carbocycles. The Kier molecular flexibility index (Phi) is 11.3. The molecule has 2 heteroatoms. The molecule has 0 radical (unpaired) electrons. The van der Waals surface area contributed by atoms with E-state index in [2.05, 4.69) is 20.8 Å². The first kappa shape index (κ1) is 17.1. The minimum atomic E-state index is -1.11. The summed E-state index contributed by atoms with van der Waals surface area (Å²) in [7, 11) is -1.11. The third-order valence-electron chi connectivity index (χ3n) is 3.97. The van der Waals surface area contributed by atoms with Crippen LogP contribution >= 0.6 is 7.26 Å². The van der Waals surface area contributed by atoms with E-state index in [0.29, 0.717) is 0 Å². The minimum absolute atomic E-state index is 0.823. The van der Waals surface area contributed by atoms with Gasteiger partial charge in [0.15, 0.2) is 0 Å². The summed E-state index contributed by atoms with van der Waals surface area (Å²) in [5, 5.41) is 0. The van der Waals surface area contributed by atoms with Crippen molar-refractivity contribution in [3.05, 3.63) is 0 Å². The third kappa shape index (κ3) is 7.92. The Morgan fingerprint density at radius 3 is 1.47 bits per heavy atom. The van der Waals surface area contributed by atoms with E-state index in [9.17, 15) is 4.79 Å². The van der Waals surface area contributed by atoms with E-state index < -0.39 is 7.26 Å². The molecule has 0 aromatic carbocycles.